The molecule has 0 aliphatic heterocycles. The van der Waals surface area contributed by atoms with Crippen molar-refractivity contribution < 1.29 is 13.2 Å². The number of carbonyl (C=O) groups excluding carboxylic acids is 1. The standard InChI is InChI=1S/C16H13BrCl2O3S/c1-2-23(21,22)9-10-6-7-11(12(17)8-10)16(20)15-13(18)4-3-5-14(15)19/h3-8H,2,9H2,1H3. The van der Waals surface area contributed by atoms with E-state index in [0.717, 1.165) is 0 Å². The molecule has 0 aliphatic rings. The second kappa shape index (κ2) is 7.34. The molecule has 2 aromatic rings. The first-order valence-corrected chi connectivity index (χ1v) is 10.1. The van der Waals surface area contributed by atoms with Crippen LogP contribution in [-0.2, 0) is 15.6 Å². The average Bonchev–Trinajstić information content (AvgIpc) is 2.46. The van der Waals surface area contributed by atoms with Crippen molar-refractivity contribution in [2.24, 2.45) is 0 Å². The molecule has 0 atom stereocenters. The Hall–Kier alpha value is -0.880. The number of rotatable bonds is 5. The van der Waals surface area contributed by atoms with Crippen molar-refractivity contribution in [3.8, 4) is 0 Å². The highest BCUT2D eigenvalue weighted by Gasteiger charge is 2.19. The number of hydrogen-bond donors (Lipinski definition) is 0. The summed E-state index contributed by atoms with van der Waals surface area (Å²) in [4.78, 5) is 12.6. The maximum atomic E-state index is 12.6. The molecular weight excluding hydrogens is 423 g/mol. The normalized spacial score (nSPS) is 11.5. The highest BCUT2D eigenvalue weighted by molar-refractivity contribution is 9.10. The molecule has 122 valence electrons. The van der Waals surface area contributed by atoms with E-state index in [2.05, 4.69) is 15.9 Å². The molecule has 0 bridgehead atoms. The zero-order valence-corrected chi connectivity index (χ0v) is 16.1. The topological polar surface area (TPSA) is 51.2 Å². The lowest BCUT2D eigenvalue weighted by Crippen LogP contribution is -2.08. The molecule has 0 aromatic heterocycles. The SMILES string of the molecule is CCS(=O)(=O)Cc1ccc(C(=O)c2c(Cl)cccc2Cl)c(Br)c1. The lowest BCUT2D eigenvalue weighted by Gasteiger charge is -2.09. The summed E-state index contributed by atoms with van der Waals surface area (Å²) in [5, 5.41) is 0.541. The minimum absolute atomic E-state index is 0.0661. The third kappa shape index (κ3) is 4.35. The fraction of sp³-hybridized carbons (Fsp3) is 0.188. The molecule has 0 aliphatic carbocycles. The summed E-state index contributed by atoms with van der Waals surface area (Å²) in [6.45, 7) is 1.60. The predicted molar refractivity (Wildman–Crippen MR) is 97.2 cm³/mol. The molecule has 0 spiro atoms. The summed E-state index contributed by atoms with van der Waals surface area (Å²) in [5.41, 5.74) is 1.21. The monoisotopic (exact) mass is 434 g/mol. The molecule has 0 saturated carbocycles. The van der Waals surface area contributed by atoms with Gasteiger partial charge < -0.3 is 0 Å². The van der Waals surface area contributed by atoms with Crippen molar-refractivity contribution in [1.82, 2.24) is 0 Å². The maximum Gasteiger partial charge on any atom is 0.197 e. The molecule has 2 aromatic carbocycles. The van der Waals surface area contributed by atoms with E-state index in [1.54, 1.807) is 43.3 Å². The van der Waals surface area contributed by atoms with Gasteiger partial charge in [-0.2, -0.15) is 0 Å². The third-order valence-corrected chi connectivity index (χ3v) is 6.23. The van der Waals surface area contributed by atoms with Crippen LogP contribution in [0.25, 0.3) is 0 Å². The number of benzene rings is 2. The smallest absolute Gasteiger partial charge is 0.197 e. The number of sulfone groups is 1. The van der Waals surface area contributed by atoms with Gasteiger partial charge in [0.05, 0.1) is 21.4 Å². The molecule has 3 nitrogen and oxygen atoms in total. The summed E-state index contributed by atoms with van der Waals surface area (Å²) < 4.78 is 23.9. The van der Waals surface area contributed by atoms with E-state index in [9.17, 15) is 13.2 Å². The second-order valence-electron chi connectivity index (χ2n) is 4.92. The van der Waals surface area contributed by atoms with Crippen LogP contribution in [-0.4, -0.2) is 20.0 Å². The minimum Gasteiger partial charge on any atom is -0.288 e. The van der Waals surface area contributed by atoms with Gasteiger partial charge in [-0.3, -0.25) is 4.79 Å². The summed E-state index contributed by atoms with van der Waals surface area (Å²) >= 11 is 15.4. The lowest BCUT2D eigenvalue weighted by molar-refractivity contribution is 0.103. The molecule has 7 heteroatoms. The molecular formula is C16H13BrCl2O3S. The van der Waals surface area contributed by atoms with Crippen LogP contribution in [0.3, 0.4) is 0 Å². The number of carbonyl (C=O) groups is 1. The van der Waals surface area contributed by atoms with Gasteiger partial charge >= 0.3 is 0 Å². The van der Waals surface area contributed by atoms with Crippen LogP contribution < -0.4 is 0 Å². The van der Waals surface area contributed by atoms with Crippen molar-refractivity contribution >= 4 is 54.8 Å². The largest absolute Gasteiger partial charge is 0.288 e. The van der Waals surface area contributed by atoms with E-state index in [1.807, 2.05) is 0 Å². The Labute approximate surface area is 153 Å². The van der Waals surface area contributed by atoms with E-state index in [-0.39, 0.29) is 32.9 Å². The van der Waals surface area contributed by atoms with Crippen LogP contribution in [0.1, 0.15) is 28.4 Å². The van der Waals surface area contributed by atoms with Gasteiger partial charge in [0.1, 0.15) is 0 Å². The third-order valence-electron chi connectivity index (χ3n) is 3.29. The van der Waals surface area contributed by atoms with Gasteiger partial charge in [-0.1, -0.05) is 58.2 Å². The molecule has 2 rings (SSSR count). The summed E-state index contributed by atoms with van der Waals surface area (Å²) in [7, 11) is -3.14. The lowest BCUT2D eigenvalue weighted by atomic mass is 10.0. The molecule has 23 heavy (non-hydrogen) atoms. The highest BCUT2D eigenvalue weighted by Crippen LogP contribution is 2.30. The molecule has 0 radical (unpaired) electrons. The molecule has 0 heterocycles. The van der Waals surface area contributed by atoms with Crippen molar-refractivity contribution in [2.75, 3.05) is 5.75 Å². The fourth-order valence-corrected chi connectivity index (χ4v) is 4.10. The Kier molecular flexibility index (Phi) is 5.89. The van der Waals surface area contributed by atoms with Crippen LogP contribution >= 0.6 is 39.1 Å². The Morgan fingerprint density at radius 1 is 1.13 bits per heavy atom. The molecule has 0 fully saturated rings. The molecule has 0 amide bonds. The Bertz CT molecular complexity index is 843. The highest BCUT2D eigenvalue weighted by atomic mass is 79.9. The van der Waals surface area contributed by atoms with Gasteiger partial charge in [-0.15, -0.1) is 0 Å². The number of ketones is 1. The first kappa shape index (κ1) is 18.5. The van der Waals surface area contributed by atoms with Crippen LogP contribution in [0.2, 0.25) is 10.0 Å². The van der Waals surface area contributed by atoms with E-state index in [1.165, 1.54) is 0 Å². The fourth-order valence-electron chi connectivity index (χ4n) is 2.04. The van der Waals surface area contributed by atoms with Crippen molar-refractivity contribution in [3.05, 3.63) is 67.6 Å². The zero-order chi connectivity index (χ0) is 17.2. The van der Waals surface area contributed by atoms with Gasteiger partial charge in [-0.05, 0) is 29.8 Å². The quantitative estimate of drug-likeness (QED) is 0.626. The molecule has 0 N–H and O–H groups in total. The van der Waals surface area contributed by atoms with E-state index < -0.39 is 9.84 Å². The van der Waals surface area contributed by atoms with Gasteiger partial charge in [0.25, 0.3) is 0 Å². The van der Waals surface area contributed by atoms with Crippen molar-refractivity contribution in [1.29, 1.82) is 0 Å². The van der Waals surface area contributed by atoms with Crippen LogP contribution in [0.4, 0.5) is 0 Å². The Balaban J connectivity index is 2.40. The summed E-state index contributed by atoms with van der Waals surface area (Å²) in [6.07, 6.45) is 0. The van der Waals surface area contributed by atoms with Crippen LogP contribution in [0.15, 0.2) is 40.9 Å². The van der Waals surface area contributed by atoms with Gasteiger partial charge in [0.2, 0.25) is 0 Å². The predicted octanol–water partition coefficient (Wildman–Crippen LogP) is 4.92. The van der Waals surface area contributed by atoms with E-state index in [0.29, 0.717) is 15.6 Å². The summed E-state index contributed by atoms with van der Waals surface area (Å²) in [6, 6.07) is 9.68. The zero-order valence-electron chi connectivity index (χ0n) is 12.1. The van der Waals surface area contributed by atoms with Crippen molar-refractivity contribution in [2.45, 2.75) is 12.7 Å². The van der Waals surface area contributed by atoms with Gasteiger partial charge in [-0.25, -0.2) is 8.42 Å². The Morgan fingerprint density at radius 3 is 2.26 bits per heavy atom. The van der Waals surface area contributed by atoms with E-state index in [4.69, 9.17) is 23.2 Å². The second-order valence-corrected chi connectivity index (χ2v) is 8.94. The summed E-state index contributed by atoms with van der Waals surface area (Å²) in [5.74, 6) is -0.318. The minimum atomic E-state index is -3.14. The van der Waals surface area contributed by atoms with Gasteiger partial charge in [0.15, 0.2) is 15.6 Å². The van der Waals surface area contributed by atoms with Gasteiger partial charge in [0, 0.05) is 15.8 Å². The average molecular weight is 436 g/mol. The number of halogens is 3. The van der Waals surface area contributed by atoms with E-state index >= 15 is 0 Å². The maximum absolute atomic E-state index is 12.6. The Morgan fingerprint density at radius 2 is 1.74 bits per heavy atom. The number of hydrogen-bond acceptors (Lipinski definition) is 3. The van der Waals surface area contributed by atoms with Crippen molar-refractivity contribution in [3.63, 3.8) is 0 Å². The van der Waals surface area contributed by atoms with Crippen LogP contribution in [0.5, 0.6) is 0 Å². The first-order chi connectivity index (χ1) is 10.7. The van der Waals surface area contributed by atoms with Crippen LogP contribution in [0, 0.1) is 0 Å². The first-order valence-electron chi connectivity index (χ1n) is 6.72. The molecule has 0 saturated heterocycles. The molecule has 0 unspecified atom stereocenters.